The Labute approximate surface area is 78.2 Å². The smallest absolute Gasteiger partial charge is 0.102 e. The zero-order valence-corrected chi connectivity index (χ0v) is 7.94. The molecule has 72 valence electrons. The number of anilines is 1. The highest BCUT2D eigenvalue weighted by molar-refractivity contribution is 5.46. The first-order valence-electron chi connectivity index (χ1n) is 4.21. The monoisotopic (exact) mass is 181 g/mol. The van der Waals surface area contributed by atoms with Gasteiger partial charge in [0.25, 0.3) is 0 Å². The van der Waals surface area contributed by atoms with Crippen LogP contribution in [0, 0.1) is 0 Å². The average Bonchev–Trinajstić information content (AvgIpc) is 2.17. The Morgan fingerprint density at radius 3 is 2.15 bits per heavy atom. The Morgan fingerprint density at radius 1 is 1.23 bits per heavy atom. The summed E-state index contributed by atoms with van der Waals surface area (Å²) >= 11 is 0. The SMILES string of the molecule is CN(C)c1ccc(C(O)CO)cc1. The molecule has 0 aromatic heterocycles. The van der Waals surface area contributed by atoms with Gasteiger partial charge in [-0.25, -0.2) is 0 Å². The lowest BCUT2D eigenvalue weighted by Crippen LogP contribution is -2.09. The highest BCUT2D eigenvalue weighted by atomic mass is 16.3. The second kappa shape index (κ2) is 4.25. The third kappa shape index (κ3) is 2.44. The third-order valence-electron chi connectivity index (χ3n) is 1.97. The molecule has 0 spiro atoms. The minimum Gasteiger partial charge on any atom is -0.393 e. The van der Waals surface area contributed by atoms with Crippen LogP contribution in [0.4, 0.5) is 5.69 Å². The van der Waals surface area contributed by atoms with E-state index >= 15 is 0 Å². The zero-order chi connectivity index (χ0) is 9.84. The summed E-state index contributed by atoms with van der Waals surface area (Å²) < 4.78 is 0. The van der Waals surface area contributed by atoms with E-state index in [1.807, 2.05) is 43.3 Å². The molecular formula is C10H15NO2. The molecule has 0 bridgehead atoms. The van der Waals surface area contributed by atoms with E-state index in [0.29, 0.717) is 0 Å². The van der Waals surface area contributed by atoms with Gasteiger partial charge in [-0.15, -0.1) is 0 Å². The summed E-state index contributed by atoms with van der Waals surface area (Å²) in [4.78, 5) is 1.98. The van der Waals surface area contributed by atoms with Crippen molar-refractivity contribution >= 4 is 5.69 Å². The molecule has 13 heavy (non-hydrogen) atoms. The number of nitrogens with zero attached hydrogens (tertiary/aromatic N) is 1. The highest BCUT2D eigenvalue weighted by Gasteiger charge is 2.04. The number of rotatable bonds is 3. The van der Waals surface area contributed by atoms with E-state index in [-0.39, 0.29) is 6.61 Å². The number of aliphatic hydroxyl groups excluding tert-OH is 2. The van der Waals surface area contributed by atoms with Crippen LogP contribution < -0.4 is 4.90 Å². The number of hydrogen-bond donors (Lipinski definition) is 2. The minimum atomic E-state index is -0.767. The van der Waals surface area contributed by atoms with E-state index in [0.717, 1.165) is 11.3 Å². The van der Waals surface area contributed by atoms with Gasteiger partial charge in [0.05, 0.1) is 6.61 Å². The fraction of sp³-hybridized carbons (Fsp3) is 0.400. The van der Waals surface area contributed by atoms with Crippen LogP contribution in [0.5, 0.6) is 0 Å². The Hall–Kier alpha value is -1.06. The summed E-state index contributed by atoms with van der Waals surface area (Å²) in [6, 6.07) is 7.45. The van der Waals surface area contributed by atoms with Gasteiger partial charge in [-0.2, -0.15) is 0 Å². The standard InChI is InChI=1S/C10H15NO2/c1-11(2)9-5-3-8(4-6-9)10(13)7-12/h3-6,10,12-13H,7H2,1-2H3. The van der Waals surface area contributed by atoms with Gasteiger partial charge in [0.15, 0.2) is 0 Å². The molecule has 1 aromatic carbocycles. The van der Waals surface area contributed by atoms with Crippen LogP contribution in [0.1, 0.15) is 11.7 Å². The van der Waals surface area contributed by atoms with E-state index < -0.39 is 6.10 Å². The quantitative estimate of drug-likeness (QED) is 0.724. The lowest BCUT2D eigenvalue weighted by atomic mass is 10.1. The van der Waals surface area contributed by atoms with Gasteiger partial charge in [0.2, 0.25) is 0 Å². The Bertz CT molecular complexity index is 256. The minimum absolute atomic E-state index is 0.235. The van der Waals surface area contributed by atoms with Gasteiger partial charge in [-0.1, -0.05) is 12.1 Å². The Balaban J connectivity index is 2.81. The molecule has 1 unspecified atom stereocenters. The summed E-state index contributed by atoms with van der Waals surface area (Å²) in [5, 5.41) is 18.0. The summed E-state index contributed by atoms with van der Waals surface area (Å²) in [5.41, 5.74) is 1.82. The zero-order valence-electron chi connectivity index (χ0n) is 7.94. The average molecular weight is 181 g/mol. The second-order valence-corrected chi connectivity index (χ2v) is 3.18. The van der Waals surface area contributed by atoms with Crippen molar-refractivity contribution in [3.05, 3.63) is 29.8 Å². The molecule has 1 atom stereocenters. The predicted molar refractivity (Wildman–Crippen MR) is 52.8 cm³/mol. The third-order valence-corrected chi connectivity index (χ3v) is 1.97. The maximum Gasteiger partial charge on any atom is 0.102 e. The van der Waals surface area contributed by atoms with Gasteiger partial charge in [-0.05, 0) is 17.7 Å². The molecule has 3 nitrogen and oxygen atoms in total. The molecule has 1 rings (SSSR count). The maximum absolute atomic E-state index is 9.30. The molecule has 1 aromatic rings. The van der Waals surface area contributed by atoms with E-state index in [1.54, 1.807) is 0 Å². The van der Waals surface area contributed by atoms with Crippen molar-refractivity contribution < 1.29 is 10.2 Å². The molecule has 0 saturated heterocycles. The van der Waals surface area contributed by atoms with Crippen LogP contribution in [-0.2, 0) is 0 Å². The second-order valence-electron chi connectivity index (χ2n) is 3.18. The van der Waals surface area contributed by atoms with E-state index in [2.05, 4.69) is 0 Å². The van der Waals surface area contributed by atoms with Crippen molar-refractivity contribution in [1.29, 1.82) is 0 Å². The fourth-order valence-corrected chi connectivity index (χ4v) is 1.10. The van der Waals surface area contributed by atoms with Crippen LogP contribution in [0.2, 0.25) is 0 Å². The normalized spacial score (nSPS) is 12.6. The molecule has 3 heteroatoms. The van der Waals surface area contributed by atoms with Crippen molar-refractivity contribution in [3.8, 4) is 0 Å². The molecule has 2 N–H and O–H groups in total. The lowest BCUT2D eigenvalue weighted by Gasteiger charge is -2.13. The van der Waals surface area contributed by atoms with Crippen molar-refractivity contribution in [2.75, 3.05) is 25.6 Å². The highest BCUT2D eigenvalue weighted by Crippen LogP contribution is 2.17. The number of aliphatic hydroxyl groups is 2. The molecule has 0 fully saturated rings. The molecule has 0 radical (unpaired) electrons. The van der Waals surface area contributed by atoms with Gasteiger partial charge in [0, 0.05) is 19.8 Å². The predicted octanol–water partition coefficient (Wildman–Crippen LogP) is 0.778. The molecule has 0 aliphatic rings. The maximum atomic E-state index is 9.30. The van der Waals surface area contributed by atoms with Crippen LogP contribution in [0.15, 0.2) is 24.3 Å². The van der Waals surface area contributed by atoms with Crippen LogP contribution in [0.25, 0.3) is 0 Å². The van der Waals surface area contributed by atoms with Gasteiger partial charge >= 0.3 is 0 Å². The lowest BCUT2D eigenvalue weighted by molar-refractivity contribution is 0.0956. The fourth-order valence-electron chi connectivity index (χ4n) is 1.10. The van der Waals surface area contributed by atoms with E-state index in [9.17, 15) is 5.11 Å². The van der Waals surface area contributed by atoms with Crippen molar-refractivity contribution in [3.63, 3.8) is 0 Å². The Morgan fingerprint density at radius 2 is 1.77 bits per heavy atom. The topological polar surface area (TPSA) is 43.7 Å². The molecule has 0 aliphatic heterocycles. The molecular weight excluding hydrogens is 166 g/mol. The summed E-state index contributed by atoms with van der Waals surface area (Å²) in [6.45, 7) is -0.235. The molecule has 0 amide bonds. The van der Waals surface area contributed by atoms with Gasteiger partial charge in [0.1, 0.15) is 6.10 Å². The number of benzene rings is 1. The van der Waals surface area contributed by atoms with E-state index in [4.69, 9.17) is 5.11 Å². The van der Waals surface area contributed by atoms with Crippen LogP contribution >= 0.6 is 0 Å². The molecule has 0 heterocycles. The van der Waals surface area contributed by atoms with Crippen molar-refractivity contribution in [2.24, 2.45) is 0 Å². The first-order chi connectivity index (χ1) is 6.15. The van der Waals surface area contributed by atoms with Crippen LogP contribution in [0.3, 0.4) is 0 Å². The largest absolute Gasteiger partial charge is 0.393 e. The van der Waals surface area contributed by atoms with Crippen molar-refractivity contribution in [2.45, 2.75) is 6.10 Å². The van der Waals surface area contributed by atoms with Gasteiger partial charge in [-0.3, -0.25) is 0 Å². The summed E-state index contributed by atoms with van der Waals surface area (Å²) in [5.74, 6) is 0. The first kappa shape index (κ1) is 10.0. The van der Waals surface area contributed by atoms with Crippen molar-refractivity contribution in [1.82, 2.24) is 0 Å². The number of hydrogen-bond acceptors (Lipinski definition) is 3. The van der Waals surface area contributed by atoms with Crippen LogP contribution in [-0.4, -0.2) is 30.9 Å². The molecule has 0 saturated carbocycles. The summed E-state index contributed by atoms with van der Waals surface area (Å²) in [7, 11) is 3.91. The van der Waals surface area contributed by atoms with E-state index in [1.165, 1.54) is 0 Å². The Kier molecular flexibility index (Phi) is 3.28. The summed E-state index contributed by atoms with van der Waals surface area (Å²) in [6.07, 6.45) is -0.767. The molecule has 0 aliphatic carbocycles. The van der Waals surface area contributed by atoms with Gasteiger partial charge < -0.3 is 15.1 Å². The first-order valence-corrected chi connectivity index (χ1v) is 4.21.